The molecule has 0 spiro atoms. The van der Waals surface area contributed by atoms with E-state index in [2.05, 4.69) is 5.32 Å². The first-order valence-electron chi connectivity index (χ1n) is 7.82. The van der Waals surface area contributed by atoms with Crippen LogP contribution in [0, 0.1) is 0 Å². The maximum Gasteiger partial charge on any atom is 0.244 e. The fraction of sp³-hybridized carbons (Fsp3) is 0.222. The molecule has 116 valence electrons. The summed E-state index contributed by atoms with van der Waals surface area (Å²) < 4.78 is 2.00. The van der Waals surface area contributed by atoms with Crippen LogP contribution in [0.1, 0.15) is 24.6 Å². The van der Waals surface area contributed by atoms with Crippen molar-refractivity contribution in [1.82, 2.24) is 9.55 Å². The summed E-state index contributed by atoms with van der Waals surface area (Å²) in [6.07, 6.45) is 2.26. The monoisotopic (exact) mass is 306 g/mol. The Morgan fingerprint density at radius 2 is 1.96 bits per heavy atom. The molecule has 1 aliphatic carbocycles. The number of hydrogen-bond donors (Lipinski definition) is 2. The van der Waals surface area contributed by atoms with Crippen molar-refractivity contribution < 1.29 is 4.79 Å². The maximum atomic E-state index is 12.4. The van der Waals surface area contributed by atoms with Gasteiger partial charge in [0.05, 0.1) is 11.2 Å². The number of amides is 1. The molecule has 1 amide bonds. The Bertz CT molecular complexity index is 865. The molecule has 1 aliphatic rings. The van der Waals surface area contributed by atoms with Crippen LogP contribution >= 0.6 is 0 Å². The van der Waals surface area contributed by atoms with Gasteiger partial charge in [-0.3, -0.25) is 4.79 Å². The Labute approximate surface area is 134 Å². The minimum atomic E-state index is -0.0557. The van der Waals surface area contributed by atoms with E-state index in [1.54, 1.807) is 0 Å². The number of fused-ring (bicyclic) bond motifs is 1. The third-order valence-corrected chi connectivity index (χ3v) is 4.14. The smallest absolute Gasteiger partial charge is 0.244 e. The fourth-order valence-electron chi connectivity index (χ4n) is 2.87. The summed E-state index contributed by atoms with van der Waals surface area (Å²) >= 11 is 0. The van der Waals surface area contributed by atoms with E-state index in [0.717, 1.165) is 35.4 Å². The first kappa shape index (κ1) is 13.8. The van der Waals surface area contributed by atoms with Crippen molar-refractivity contribution >= 4 is 28.3 Å². The maximum absolute atomic E-state index is 12.4. The van der Waals surface area contributed by atoms with Gasteiger partial charge in [-0.2, -0.15) is 0 Å². The summed E-state index contributed by atoms with van der Waals surface area (Å²) in [5.41, 5.74) is 9.22. The summed E-state index contributed by atoms with van der Waals surface area (Å²) in [6, 6.07) is 15.2. The molecule has 1 fully saturated rings. The largest absolute Gasteiger partial charge is 0.397 e. The van der Waals surface area contributed by atoms with Gasteiger partial charge in [-0.1, -0.05) is 24.3 Å². The second kappa shape index (κ2) is 5.43. The first-order chi connectivity index (χ1) is 11.2. The van der Waals surface area contributed by atoms with Crippen LogP contribution in [0.2, 0.25) is 0 Å². The summed E-state index contributed by atoms with van der Waals surface area (Å²) in [5.74, 6) is 1.37. The van der Waals surface area contributed by atoms with E-state index in [-0.39, 0.29) is 12.5 Å². The van der Waals surface area contributed by atoms with Crippen molar-refractivity contribution in [2.45, 2.75) is 25.3 Å². The summed E-state index contributed by atoms with van der Waals surface area (Å²) in [5, 5.41) is 2.93. The second-order valence-corrected chi connectivity index (χ2v) is 5.96. The molecular weight excluding hydrogens is 288 g/mol. The normalized spacial score (nSPS) is 14.1. The van der Waals surface area contributed by atoms with Crippen molar-refractivity contribution in [3.8, 4) is 0 Å². The molecule has 3 aromatic rings. The molecule has 0 saturated heterocycles. The van der Waals surface area contributed by atoms with Gasteiger partial charge in [-0.25, -0.2) is 4.98 Å². The van der Waals surface area contributed by atoms with Crippen LogP contribution in [-0.4, -0.2) is 15.5 Å². The van der Waals surface area contributed by atoms with Crippen LogP contribution in [-0.2, 0) is 11.3 Å². The molecule has 4 rings (SSSR count). The van der Waals surface area contributed by atoms with Gasteiger partial charge in [-0.15, -0.1) is 0 Å². The highest BCUT2D eigenvalue weighted by atomic mass is 16.1. The molecule has 1 heterocycles. The van der Waals surface area contributed by atoms with Crippen molar-refractivity contribution in [3.63, 3.8) is 0 Å². The Kier molecular flexibility index (Phi) is 3.26. The number of rotatable bonds is 4. The van der Waals surface area contributed by atoms with Crippen molar-refractivity contribution in [2.24, 2.45) is 0 Å². The number of carbonyl (C=O) groups is 1. The molecule has 3 N–H and O–H groups in total. The lowest BCUT2D eigenvalue weighted by Crippen LogP contribution is -2.20. The summed E-state index contributed by atoms with van der Waals surface area (Å²) in [7, 11) is 0. The van der Waals surface area contributed by atoms with Gasteiger partial charge in [0.2, 0.25) is 5.91 Å². The van der Waals surface area contributed by atoms with E-state index in [4.69, 9.17) is 10.7 Å². The molecule has 0 unspecified atom stereocenters. The summed E-state index contributed by atoms with van der Waals surface area (Å²) in [6.45, 7) is 0.251. The topological polar surface area (TPSA) is 72.9 Å². The Morgan fingerprint density at radius 3 is 2.70 bits per heavy atom. The predicted octanol–water partition coefficient (Wildman–Crippen LogP) is 3.13. The third-order valence-electron chi connectivity index (χ3n) is 4.14. The van der Waals surface area contributed by atoms with Crippen molar-refractivity contribution in [2.75, 3.05) is 11.1 Å². The summed E-state index contributed by atoms with van der Waals surface area (Å²) in [4.78, 5) is 17.1. The zero-order valence-corrected chi connectivity index (χ0v) is 12.7. The average Bonchev–Trinajstić information content (AvgIpc) is 3.32. The number of aromatic nitrogens is 2. The standard InChI is InChI=1S/C18H18N4O/c19-14-7-4-8-15-17(14)21-18(12-9-10-12)22(15)11-16(23)20-13-5-2-1-3-6-13/h1-8,12H,9-11,19H2,(H,20,23). The minimum Gasteiger partial charge on any atom is -0.397 e. The molecule has 0 aliphatic heterocycles. The number of nitrogens with two attached hydrogens (primary N) is 1. The van der Waals surface area contributed by atoms with Crippen LogP contribution in [0.3, 0.4) is 0 Å². The molecule has 1 saturated carbocycles. The van der Waals surface area contributed by atoms with Gasteiger partial charge in [-0.05, 0) is 37.1 Å². The number of benzene rings is 2. The SMILES string of the molecule is Nc1cccc2c1nc(C1CC1)n2CC(=O)Nc1ccccc1. The molecule has 0 bridgehead atoms. The van der Waals surface area contributed by atoms with E-state index < -0.39 is 0 Å². The predicted molar refractivity (Wildman–Crippen MR) is 91.2 cm³/mol. The molecule has 23 heavy (non-hydrogen) atoms. The number of carbonyl (C=O) groups excluding carboxylic acids is 1. The van der Waals surface area contributed by atoms with E-state index in [9.17, 15) is 4.79 Å². The molecule has 0 atom stereocenters. The van der Waals surface area contributed by atoms with Crippen LogP contribution < -0.4 is 11.1 Å². The zero-order valence-electron chi connectivity index (χ0n) is 12.7. The van der Waals surface area contributed by atoms with Gasteiger partial charge < -0.3 is 15.6 Å². The number of anilines is 2. The highest BCUT2D eigenvalue weighted by molar-refractivity contribution is 5.93. The van der Waals surface area contributed by atoms with Gasteiger partial charge >= 0.3 is 0 Å². The number of nitrogen functional groups attached to an aromatic ring is 1. The number of nitrogens with zero attached hydrogens (tertiary/aromatic N) is 2. The Morgan fingerprint density at radius 1 is 1.17 bits per heavy atom. The zero-order chi connectivity index (χ0) is 15.8. The number of imidazole rings is 1. The lowest BCUT2D eigenvalue weighted by molar-refractivity contribution is -0.116. The molecule has 1 aromatic heterocycles. The lowest BCUT2D eigenvalue weighted by Gasteiger charge is -2.09. The Hall–Kier alpha value is -2.82. The minimum absolute atomic E-state index is 0.0557. The van der Waals surface area contributed by atoms with Crippen LogP contribution in [0.4, 0.5) is 11.4 Å². The van der Waals surface area contributed by atoms with Crippen LogP contribution in [0.25, 0.3) is 11.0 Å². The van der Waals surface area contributed by atoms with Gasteiger partial charge in [0.25, 0.3) is 0 Å². The Balaban J connectivity index is 1.66. The van der Waals surface area contributed by atoms with Crippen molar-refractivity contribution in [3.05, 3.63) is 54.4 Å². The number of nitrogens with one attached hydrogen (secondary N) is 1. The molecule has 0 radical (unpaired) electrons. The first-order valence-corrected chi connectivity index (χ1v) is 7.82. The number of para-hydroxylation sites is 2. The third kappa shape index (κ3) is 2.65. The van der Waals surface area contributed by atoms with Crippen LogP contribution in [0.15, 0.2) is 48.5 Å². The second-order valence-electron chi connectivity index (χ2n) is 5.96. The average molecular weight is 306 g/mol. The molecular formula is C18H18N4O. The van der Waals surface area contributed by atoms with Crippen molar-refractivity contribution in [1.29, 1.82) is 0 Å². The van der Waals surface area contributed by atoms with Gasteiger partial charge in [0.15, 0.2) is 0 Å². The molecule has 2 aromatic carbocycles. The van der Waals surface area contributed by atoms with E-state index in [0.29, 0.717) is 11.6 Å². The van der Waals surface area contributed by atoms with Gasteiger partial charge in [0.1, 0.15) is 17.9 Å². The van der Waals surface area contributed by atoms with Crippen LogP contribution in [0.5, 0.6) is 0 Å². The van der Waals surface area contributed by atoms with E-state index in [1.807, 2.05) is 53.1 Å². The van der Waals surface area contributed by atoms with Gasteiger partial charge in [0, 0.05) is 11.6 Å². The van der Waals surface area contributed by atoms with E-state index in [1.165, 1.54) is 0 Å². The number of hydrogen-bond acceptors (Lipinski definition) is 3. The molecule has 5 heteroatoms. The van der Waals surface area contributed by atoms with E-state index >= 15 is 0 Å². The highest BCUT2D eigenvalue weighted by Gasteiger charge is 2.30. The lowest BCUT2D eigenvalue weighted by atomic mass is 10.2. The quantitative estimate of drug-likeness (QED) is 0.727. The molecule has 5 nitrogen and oxygen atoms in total. The fourth-order valence-corrected chi connectivity index (χ4v) is 2.87. The highest BCUT2D eigenvalue weighted by Crippen LogP contribution is 2.41.